The van der Waals surface area contributed by atoms with Crippen LogP contribution in [0.1, 0.15) is 71.6 Å². The lowest BCUT2D eigenvalue weighted by molar-refractivity contribution is -0.142. The molecule has 0 bridgehead atoms. The Bertz CT molecular complexity index is 872. The maximum absolute atomic E-state index is 12.6. The molecule has 0 fully saturated rings. The van der Waals surface area contributed by atoms with Gasteiger partial charge in [-0.1, -0.05) is 26.8 Å². The number of amides is 4. The summed E-state index contributed by atoms with van der Waals surface area (Å²) in [6, 6.07) is -1.96. The zero-order valence-corrected chi connectivity index (χ0v) is 26.0. The van der Waals surface area contributed by atoms with Crippen molar-refractivity contribution in [3.05, 3.63) is 12.4 Å². The van der Waals surface area contributed by atoms with Crippen molar-refractivity contribution in [1.82, 2.24) is 31.9 Å². The van der Waals surface area contributed by atoms with Crippen LogP contribution in [0.15, 0.2) is 12.4 Å². The Balaban J connectivity index is 4.30. The standard InChI is InChI=1S/C28H50N6O7S/c1-20(2)24(36)11-6-5-8-14-30-21(3)31-15-9-7-10-23(28(40)41)34-26(38)18-32-27(39)22(13-17-42-4)33-25(37)12-16-29-19-35/h19-20,22-23,30-31H,3,5-18H2,1-2,4H3,(H,29,35)(H,32,39)(H,33,37)(H,34,38)(H,40,41). The molecule has 0 saturated carbocycles. The quantitative estimate of drug-likeness (QED) is 0.0510. The van der Waals surface area contributed by atoms with E-state index in [1.807, 2.05) is 20.1 Å². The highest BCUT2D eigenvalue weighted by Crippen LogP contribution is 2.06. The van der Waals surface area contributed by atoms with Crippen LogP contribution in [-0.4, -0.2) is 91.3 Å². The van der Waals surface area contributed by atoms with Crippen molar-refractivity contribution < 1.29 is 33.9 Å². The first-order valence-electron chi connectivity index (χ1n) is 14.5. The molecule has 0 heterocycles. The average molecular weight is 615 g/mol. The lowest BCUT2D eigenvalue weighted by Crippen LogP contribution is -2.51. The van der Waals surface area contributed by atoms with Crippen LogP contribution in [0.3, 0.4) is 0 Å². The molecule has 240 valence electrons. The number of hydrogen-bond donors (Lipinski definition) is 7. The van der Waals surface area contributed by atoms with E-state index >= 15 is 0 Å². The van der Waals surface area contributed by atoms with E-state index in [1.165, 1.54) is 11.8 Å². The minimum atomic E-state index is -1.17. The summed E-state index contributed by atoms with van der Waals surface area (Å²) in [4.78, 5) is 70.5. The second-order valence-corrected chi connectivity index (χ2v) is 11.1. The number of hydrogen-bond acceptors (Lipinski definition) is 9. The van der Waals surface area contributed by atoms with Gasteiger partial charge in [-0.15, -0.1) is 0 Å². The second-order valence-electron chi connectivity index (χ2n) is 10.2. The number of ketones is 1. The maximum Gasteiger partial charge on any atom is 0.326 e. The van der Waals surface area contributed by atoms with Gasteiger partial charge in [0.25, 0.3) is 0 Å². The van der Waals surface area contributed by atoms with Gasteiger partial charge in [-0.05, 0) is 50.5 Å². The number of aliphatic carboxylic acids is 1. The summed E-state index contributed by atoms with van der Waals surface area (Å²) >= 11 is 1.49. The number of thioether (sulfide) groups is 1. The van der Waals surface area contributed by atoms with E-state index in [9.17, 15) is 33.9 Å². The van der Waals surface area contributed by atoms with Crippen LogP contribution in [0.25, 0.3) is 0 Å². The third-order valence-corrected chi connectivity index (χ3v) is 6.88. The van der Waals surface area contributed by atoms with Gasteiger partial charge in [0.05, 0.1) is 12.4 Å². The van der Waals surface area contributed by atoms with Gasteiger partial charge in [-0.25, -0.2) is 4.79 Å². The molecular formula is C28H50N6O7S. The van der Waals surface area contributed by atoms with E-state index in [-0.39, 0.29) is 25.3 Å². The van der Waals surface area contributed by atoms with Crippen molar-refractivity contribution in [2.24, 2.45) is 5.92 Å². The van der Waals surface area contributed by atoms with Gasteiger partial charge in [0.1, 0.15) is 17.9 Å². The van der Waals surface area contributed by atoms with Crippen molar-refractivity contribution in [3.8, 4) is 0 Å². The molecule has 2 atom stereocenters. The first kappa shape index (κ1) is 38.7. The molecule has 2 unspecified atom stereocenters. The van der Waals surface area contributed by atoms with Crippen LogP contribution in [-0.2, 0) is 28.8 Å². The summed E-state index contributed by atoms with van der Waals surface area (Å²) in [5, 5.41) is 25.7. The number of carboxylic acid groups (broad SMARTS) is 1. The zero-order valence-electron chi connectivity index (χ0n) is 25.2. The fraction of sp³-hybridized carbons (Fsp3) is 0.714. The van der Waals surface area contributed by atoms with Gasteiger partial charge >= 0.3 is 5.97 Å². The SMILES string of the molecule is C=C(NCCCCCC(=O)C(C)C)NCCCCC(NC(=O)CNC(=O)C(CCSC)NC(=O)CCNC=O)C(=O)O. The van der Waals surface area contributed by atoms with Crippen molar-refractivity contribution in [1.29, 1.82) is 0 Å². The highest BCUT2D eigenvalue weighted by atomic mass is 32.2. The molecular weight excluding hydrogens is 564 g/mol. The van der Waals surface area contributed by atoms with Crippen LogP contribution in [0.4, 0.5) is 0 Å². The number of Topliss-reactive ketones (excluding diaryl/α,β-unsaturated/α-hetero) is 1. The zero-order chi connectivity index (χ0) is 31.8. The predicted octanol–water partition coefficient (Wildman–Crippen LogP) is 0.652. The molecule has 0 rings (SSSR count). The third-order valence-electron chi connectivity index (χ3n) is 6.24. The number of unbranched alkanes of at least 4 members (excludes halogenated alkanes) is 3. The molecule has 0 aromatic carbocycles. The molecule has 42 heavy (non-hydrogen) atoms. The summed E-state index contributed by atoms with van der Waals surface area (Å²) < 4.78 is 0. The maximum atomic E-state index is 12.6. The second kappa shape index (κ2) is 24.3. The smallest absolute Gasteiger partial charge is 0.326 e. The fourth-order valence-electron chi connectivity index (χ4n) is 3.71. The van der Waals surface area contributed by atoms with Crippen LogP contribution in [0, 0.1) is 5.92 Å². The Hall–Kier alpha value is -3.29. The first-order chi connectivity index (χ1) is 20.0. The molecule has 0 saturated heterocycles. The van der Waals surface area contributed by atoms with E-state index in [1.54, 1.807) is 0 Å². The molecule has 7 N–H and O–H groups in total. The number of rotatable bonds is 27. The third kappa shape index (κ3) is 20.6. The summed E-state index contributed by atoms with van der Waals surface area (Å²) in [7, 11) is 0. The van der Waals surface area contributed by atoms with Gasteiger partial charge < -0.3 is 37.0 Å². The van der Waals surface area contributed by atoms with Crippen LogP contribution < -0.4 is 31.9 Å². The topological polar surface area (TPSA) is 195 Å². The first-order valence-corrected chi connectivity index (χ1v) is 15.9. The van der Waals surface area contributed by atoms with Gasteiger partial charge in [0.2, 0.25) is 24.1 Å². The summed E-state index contributed by atoms with van der Waals surface area (Å²) in [5.41, 5.74) is 0. The lowest BCUT2D eigenvalue weighted by Gasteiger charge is -2.19. The highest BCUT2D eigenvalue weighted by molar-refractivity contribution is 7.98. The Morgan fingerprint density at radius 3 is 2.05 bits per heavy atom. The molecule has 0 aromatic rings. The molecule has 13 nitrogen and oxygen atoms in total. The number of carbonyl (C=O) groups excluding carboxylic acids is 5. The van der Waals surface area contributed by atoms with Crippen molar-refractivity contribution in [2.75, 3.05) is 38.2 Å². The molecule has 14 heteroatoms. The van der Waals surface area contributed by atoms with Crippen molar-refractivity contribution >= 4 is 47.6 Å². The Kier molecular flexibility index (Phi) is 22.4. The van der Waals surface area contributed by atoms with E-state index in [2.05, 4.69) is 38.5 Å². The summed E-state index contributed by atoms with van der Waals surface area (Å²) in [6.07, 6.45) is 7.48. The van der Waals surface area contributed by atoms with E-state index < -0.39 is 42.3 Å². The van der Waals surface area contributed by atoms with Gasteiger partial charge in [0.15, 0.2) is 0 Å². The Morgan fingerprint density at radius 2 is 1.45 bits per heavy atom. The van der Waals surface area contributed by atoms with Crippen LogP contribution in [0.5, 0.6) is 0 Å². The molecule has 0 aliphatic heterocycles. The van der Waals surface area contributed by atoms with Gasteiger partial charge in [-0.2, -0.15) is 11.8 Å². The predicted molar refractivity (Wildman–Crippen MR) is 163 cm³/mol. The van der Waals surface area contributed by atoms with Crippen molar-refractivity contribution in [2.45, 2.75) is 83.7 Å². The van der Waals surface area contributed by atoms with Crippen LogP contribution >= 0.6 is 11.8 Å². The molecule has 0 aliphatic rings. The molecule has 0 aliphatic carbocycles. The Labute approximate surface area is 253 Å². The fourth-order valence-corrected chi connectivity index (χ4v) is 4.18. The van der Waals surface area contributed by atoms with Gasteiger partial charge in [-0.3, -0.25) is 24.0 Å². The van der Waals surface area contributed by atoms with Gasteiger partial charge in [0, 0.05) is 38.4 Å². The van der Waals surface area contributed by atoms with E-state index in [4.69, 9.17) is 0 Å². The van der Waals surface area contributed by atoms with E-state index in [0.717, 1.165) is 25.8 Å². The highest BCUT2D eigenvalue weighted by Gasteiger charge is 2.23. The number of carboxylic acids is 1. The minimum Gasteiger partial charge on any atom is -0.480 e. The van der Waals surface area contributed by atoms with Crippen molar-refractivity contribution in [3.63, 3.8) is 0 Å². The normalized spacial score (nSPS) is 12.0. The number of carbonyl (C=O) groups is 6. The van der Waals surface area contributed by atoms with E-state index in [0.29, 0.717) is 56.0 Å². The number of nitrogens with one attached hydrogen (secondary N) is 6. The molecule has 0 aromatic heterocycles. The molecule has 0 radical (unpaired) electrons. The van der Waals surface area contributed by atoms with Crippen LogP contribution in [0.2, 0.25) is 0 Å². The molecule has 4 amide bonds. The summed E-state index contributed by atoms with van der Waals surface area (Å²) in [5.74, 6) is -1.13. The largest absolute Gasteiger partial charge is 0.480 e. The average Bonchev–Trinajstić information content (AvgIpc) is 2.94. The Morgan fingerprint density at radius 1 is 0.810 bits per heavy atom. The lowest BCUT2D eigenvalue weighted by atomic mass is 10.0. The minimum absolute atomic E-state index is 0.00540. The summed E-state index contributed by atoms with van der Waals surface area (Å²) in [6.45, 7) is 8.78. The molecule has 0 spiro atoms. The monoisotopic (exact) mass is 614 g/mol.